The van der Waals surface area contributed by atoms with Crippen LogP contribution in [0.1, 0.15) is 33.7 Å². The molecule has 0 amide bonds. The molecule has 1 unspecified atom stereocenters. The van der Waals surface area contributed by atoms with Crippen molar-refractivity contribution in [2.45, 2.75) is 33.1 Å². The summed E-state index contributed by atoms with van der Waals surface area (Å²) in [7, 11) is 0. The number of carbonyl (C=O) groups is 1. The van der Waals surface area contributed by atoms with Crippen molar-refractivity contribution < 1.29 is 14.3 Å². The first-order valence-electron chi connectivity index (χ1n) is 7.04. The molecule has 1 atom stereocenters. The quantitative estimate of drug-likeness (QED) is 0.877. The Balaban J connectivity index is 2.50. The predicted molar refractivity (Wildman–Crippen MR) is 86.1 cm³/mol. The first-order chi connectivity index (χ1) is 10.3. The molecule has 0 aliphatic rings. The van der Waals surface area contributed by atoms with Gasteiger partial charge in [0.2, 0.25) is 0 Å². The Labute approximate surface area is 134 Å². The maximum atomic E-state index is 14.1. The molecule has 0 saturated carbocycles. The Morgan fingerprint density at radius 2 is 1.82 bits per heavy atom. The van der Waals surface area contributed by atoms with Gasteiger partial charge in [-0.3, -0.25) is 4.79 Å². The lowest BCUT2D eigenvalue weighted by Crippen LogP contribution is -2.17. The highest BCUT2D eigenvalue weighted by Gasteiger charge is 2.27. The van der Waals surface area contributed by atoms with Gasteiger partial charge in [-0.25, -0.2) is 4.39 Å². The third kappa shape index (κ3) is 3.30. The van der Waals surface area contributed by atoms with Crippen molar-refractivity contribution in [1.82, 2.24) is 0 Å². The lowest BCUT2D eigenvalue weighted by Gasteiger charge is -2.18. The highest BCUT2D eigenvalue weighted by atomic mass is 35.5. The van der Waals surface area contributed by atoms with Crippen LogP contribution in [0.3, 0.4) is 0 Å². The second-order valence-electron chi connectivity index (χ2n) is 5.61. The van der Waals surface area contributed by atoms with E-state index in [0.717, 1.165) is 22.3 Å². The van der Waals surface area contributed by atoms with Crippen LogP contribution in [0.4, 0.5) is 4.39 Å². The van der Waals surface area contributed by atoms with E-state index < -0.39 is 17.7 Å². The number of carboxylic acid groups (broad SMARTS) is 1. The molecule has 2 nitrogen and oxygen atoms in total. The minimum absolute atomic E-state index is 0.0519. The molecule has 0 radical (unpaired) electrons. The van der Waals surface area contributed by atoms with Crippen molar-refractivity contribution in [2.75, 3.05) is 0 Å². The molecule has 116 valence electrons. The summed E-state index contributed by atoms with van der Waals surface area (Å²) in [4.78, 5) is 11.7. The van der Waals surface area contributed by atoms with Crippen molar-refractivity contribution >= 4 is 17.6 Å². The molecule has 2 aromatic rings. The zero-order valence-corrected chi connectivity index (χ0v) is 13.5. The van der Waals surface area contributed by atoms with E-state index in [-0.39, 0.29) is 17.0 Å². The third-order valence-corrected chi connectivity index (χ3v) is 4.22. The number of rotatable bonds is 4. The minimum Gasteiger partial charge on any atom is -0.481 e. The van der Waals surface area contributed by atoms with Crippen LogP contribution < -0.4 is 0 Å². The van der Waals surface area contributed by atoms with Crippen molar-refractivity contribution in [1.29, 1.82) is 0 Å². The average Bonchev–Trinajstić information content (AvgIpc) is 2.39. The number of halogens is 2. The Morgan fingerprint density at radius 3 is 2.32 bits per heavy atom. The van der Waals surface area contributed by atoms with Crippen molar-refractivity contribution in [3.05, 3.63) is 69.0 Å². The molecular weight excluding hydrogens is 303 g/mol. The van der Waals surface area contributed by atoms with Gasteiger partial charge in [0.15, 0.2) is 0 Å². The minimum atomic E-state index is -1.08. The van der Waals surface area contributed by atoms with Gasteiger partial charge >= 0.3 is 5.97 Å². The van der Waals surface area contributed by atoms with Crippen LogP contribution >= 0.6 is 11.6 Å². The molecule has 0 saturated heterocycles. The molecule has 0 spiro atoms. The van der Waals surface area contributed by atoms with Gasteiger partial charge in [-0.15, -0.1) is 0 Å². The summed E-state index contributed by atoms with van der Waals surface area (Å²) in [5.41, 5.74) is 4.12. The predicted octanol–water partition coefficient (Wildman–Crippen LogP) is 4.82. The van der Waals surface area contributed by atoms with E-state index in [1.807, 2.05) is 32.9 Å². The summed E-state index contributed by atoms with van der Waals surface area (Å²) in [6.45, 7) is 5.88. The largest absolute Gasteiger partial charge is 0.481 e. The maximum absolute atomic E-state index is 14.1. The Morgan fingerprint density at radius 1 is 1.23 bits per heavy atom. The summed E-state index contributed by atoms with van der Waals surface area (Å²) < 4.78 is 14.1. The first-order valence-corrected chi connectivity index (χ1v) is 7.42. The zero-order chi connectivity index (χ0) is 16.4. The van der Waals surface area contributed by atoms with Crippen LogP contribution in [0.15, 0.2) is 30.3 Å². The Bertz CT molecular complexity index is 682. The normalized spacial score (nSPS) is 12.2. The average molecular weight is 321 g/mol. The van der Waals surface area contributed by atoms with E-state index in [0.29, 0.717) is 0 Å². The molecule has 2 rings (SSSR count). The number of hydrogen-bond acceptors (Lipinski definition) is 1. The number of carboxylic acids is 1. The SMILES string of the molecule is Cc1cc(C)c(CC(C(=O)O)c2c(F)cccc2Cl)c(C)c1. The van der Waals surface area contributed by atoms with E-state index in [2.05, 4.69) is 0 Å². The van der Waals surface area contributed by atoms with Gasteiger partial charge in [0.05, 0.1) is 5.92 Å². The van der Waals surface area contributed by atoms with Gasteiger partial charge in [0.1, 0.15) is 5.82 Å². The number of hydrogen-bond donors (Lipinski definition) is 1. The molecule has 0 fully saturated rings. The lowest BCUT2D eigenvalue weighted by molar-refractivity contribution is -0.138. The topological polar surface area (TPSA) is 37.3 Å². The molecule has 4 heteroatoms. The zero-order valence-electron chi connectivity index (χ0n) is 12.8. The molecule has 0 aliphatic heterocycles. The summed E-state index contributed by atoms with van der Waals surface area (Å²) in [6, 6.07) is 8.24. The third-order valence-electron chi connectivity index (χ3n) is 3.89. The molecule has 1 N–H and O–H groups in total. The van der Waals surface area contributed by atoms with Crippen LogP contribution in [0, 0.1) is 26.6 Å². The van der Waals surface area contributed by atoms with Gasteiger partial charge in [-0.1, -0.05) is 35.4 Å². The Kier molecular flexibility index (Phi) is 4.87. The molecule has 0 heterocycles. The fourth-order valence-electron chi connectivity index (χ4n) is 2.89. The second-order valence-corrected chi connectivity index (χ2v) is 6.01. The van der Waals surface area contributed by atoms with Crippen LogP contribution in [0.5, 0.6) is 0 Å². The molecule has 0 aromatic heterocycles. The first kappa shape index (κ1) is 16.5. The Hall–Kier alpha value is -1.87. The summed E-state index contributed by atoms with van der Waals surface area (Å²) in [6.07, 6.45) is 0.216. The van der Waals surface area contributed by atoms with Crippen LogP contribution in [-0.2, 0) is 11.2 Å². The van der Waals surface area contributed by atoms with Crippen molar-refractivity contribution in [3.8, 4) is 0 Å². The fourth-order valence-corrected chi connectivity index (χ4v) is 3.19. The fraction of sp³-hybridized carbons (Fsp3) is 0.278. The van der Waals surface area contributed by atoms with Crippen molar-refractivity contribution in [2.24, 2.45) is 0 Å². The highest BCUT2D eigenvalue weighted by Crippen LogP contribution is 2.32. The van der Waals surface area contributed by atoms with E-state index in [1.165, 1.54) is 18.2 Å². The van der Waals surface area contributed by atoms with Crippen LogP contribution in [0.2, 0.25) is 5.02 Å². The van der Waals surface area contributed by atoms with Gasteiger partial charge in [-0.2, -0.15) is 0 Å². The smallest absolute Gasteiger partial charge is 0.311 e. The van der Waals surface area contributed by atoms with Crippen LogP contribution in [0.25, 0.3) is 0 Å². The van der Waals surface area contributed by atoms with E-state index in [1.54, 1.807) is 0 Å². The van der Waals surface area contributed by atoms with Crippen molar-refractivity contribution in [3.63, 3.8) is 0 Å². The summed E-state index contributed by atoms with van der Waals surface area (Å²) in [5.74, 6) is -2.66. The molecule has 22 heavy (non-hydrogen) atoms. The maximum Gasteiger partial charge on any atom is 0.311 e. The van der Waals surface area contributed by atoms with Gasteiger partial charge in [-0.05, 0) is 56.0 Å². The van der Waals surface area contributed by atoms with E-state index >= 15 is 0 Å². The highest BCUT2D eigenvalue weighted by molar-refractivity contribution is 6.31. The molecular formula is C18H18ClFO2. The monoisotopic (exact) mass is 320 g/mol. The van der Waals surface area contributed by atoms with Gasteiger partial charge in [0.25, 0.3) is 0 Å². The van der Waals surface area contributed by atoms with E-state index in [4.69, 9.17) is 11.6 Å². The number of aryl methyl sites for hydroxylation is 3. The molecule has 0 aliphatic carbocycles. The number of aliphatic carboxylic acids is 1. The van der Waals surface area contributed by atoms with Gasteiger partial charge in [0, 0.05) is 10.6 Å². The summed E-state index contributed by atoms with van der Waals surface area (Å²) in [5, 5.41) is 9.70. The molecule has 0 bridgehead atoms. The summed E-state index contributed by atoms with van der Waals surface area (Å²) >= 11 is 6.04. The number of benzene rings is 2. The lowest BCUT2D eigenvalue weighted by atomic mass is 9.87. The van der Waals surface area contributed by atoms with Gasteiger partial charge < -0.3 is 5.11 Å². The second kappa shape index (κ2) is 6.49. The van der Waals surface area contributed by atoms with Crippen LogP contribution in [-0.4, -0.2) is 11.1 Å². The standard InChI is InChI=1S/C18H18ClFO2/c1-10-7-11(2)13(12(3)8-10)9-14(18(21)22)17-15(19)5-4-6-16(17)20/h4-8,14H,9H2,1-3H3,(H,21,22). The molecule has 2 aromatic carbocycles. The van der Waals surface area contributed by atoms with E-state index in [9.17, 15) is 14.3 Å².